The Morgan fingerprint density at radius 2 is 1.68 bits per heavy atom. The number of carbonyl (C=O) groups is 4. The Labute approximate surface area is 345 Å². The summed E-state index contributed by atoms with van der Waals surface area (Å²) in [4.78, 5) is 71.4. The molecule has 4 N–H and O–H groups in total. The molecule has 0 atom stereocenters. The summed E-state index contributed by atoms with van der Waals surface area (Å²) >= 11 is 6.40. The van der Waals surface area contributed by atoms with Crippen molar-refractivity contribution in [2.24, 2.45) is 11.1 Å². The smallest absolute Gasteiger partial charge is 0.328 e. The highest BCUT2D eigenvalue weighted by Gasteiger charge is 2.45. The molecule has 17 heteroatoms. The van der Waals surface area contributed by atoms with Crippen molar-refractivity contribution in [2.75, 3.05) is 61.4 Å². The number of piperidine rings is 1. The van der Waals surface area contributed by atoms with Crippen LogP contribution in [0.5, 0.6) is 0 Å². The van der Waals surface area contributed by atoms with E-state index in [9.17, 15) is 19.2 Å². The van der Waals surface area contributed by atoms with E-state index in [2.05, 4.69) is 37.6 Å². The fourth-order valence-corrected chi connectivity index (χ4v) is 8.72. The third-order valence-electron chi connectivity index (χ3n) is 11.8. The van der Waals surface area contributed by atoms with E-state index in [0.717, 1.165) is 66.2 Å². The number of anilines is 4. The van der Waals surface area contributed by atoms with Crippen molar-refractivity contribution in [3.05, 3.63) is 88.6 Å². The van der Waals surface area contributed by atoms with Crippen LogP contribution in [0.25, 0.3) is 16.9 Å². The number of nitrogens with two attached hydrogens (primary N) is 1. The number of hydrogen-bond donors (Lipinski definition) is 3. The second-order valence-electron chi connectivity index (χ2n) is 15.9. The van der Waals surface area contributed by atoms with E-state index in [1.54, 1.807) is 25.2 Å². The molecule has 1 saturated carbocycles. The minimum absolute atomic E-state index is 0.0936. The highest BCUT2D eigenvalue weighted by Crippen LogP contribution is 2.42. The molecule has 2 aromatic carbocycles. The SMILES string of the molecule is C1CC1.CNc1cc(N2CCc3c(-c4cnc(CN5CC6(CCN(C(=O)c7ccc(Cl)c(N8CCC(=O)NC8=O)c7)CC6)C5)cn4)cccc32)nn2c(C(N)=O)cnc12. The van der Waals surface area contributed by atoms with Crippen LogP contribution in [0.3, 0.4) is 0 Å². The Kier molecular flexibility index (Phi) is 10.1. The molecule has 4 aliphatic heterocycles. The van der Waals surface area contributed by atoms with Gasteiger partial charge in [0.15, 0.2) is 11.5 Å². The molecule has 0 radical (unpaired) electrons. The van der Waals surface area contributed by atoms with E-state index in [0.29, 0.717) is 53.9 Å². The van der Waals surface area contributed by atoms with Crippen LogP contribution in [0.4, 0.5) is 27.7 Å². The van der Waals surface area contributed by atoms with Crippen molar-refractivity contribution in [1.82, 2.24) is 39.7 Å². The van der Waals surface area contributed by atoms with Crippen molar-refractivity contribution < 1.29 is 19.2 Å². The number of fused-ring (bicyclic) bond motifs is 2. The van der Waals surface area contributed by atoms with Gasteiger partial charge in [0.1, 0.15) is 5.69 Å². The Balaban J connectivity index is 0.00000143. The van der Waals surface area contributed by atoms with Crippen molar-refractivity contribution in [2.45, 2.75) is 51.5 Å². The van der Waals surface area contributed by atoms with Gasteiger partial charge in [-0.1, -0.05) is 43.0 Å². The number of aromatic nitrogens is 5. The molecule has 16 nitrogen and oxygen atoms in total. The number of nitrogens with one attached hydrogen (secondary N) is 2. The largest absolute Gasteiger partial charge is 0.385 e. The zero-order valence-corrected chi connectivity index (χ0v) is 33.5. The molecule has 304 valence electrons. The zero-order valence-electron chi connectivity index (χ0n) is 32.8. The summed E-state index contributed by atoms with van der Waals surface area (Å²) < 4.78 is 1.49. The Morgan fingerprint density at radius 1 is 0.898 bits per heavy atom. The number of benzene rings is 2. The van der Waals surface area contributed by atoms with E-state index >= 15 is 0 Å². The van der Waals surface area contributed by atoms with Gasteiger partial charge in [-0.05, 0) is 54.5 Å². The molecular formula is C42H45ClN12O4. The van der Waals surface area contributed by atoms with Crippen molar-refractivity contribution in [3.8, 4) is 11.3 Å². The maximum Gasteiger partial charge on any atom is 0.328 e. The normalized spacial score (nSPS) is 18.2. The van der Waals surface area contributed by atoms with Gasteiger partial charge in [-0.25, -0.2) is 14.3 Å². The van der Waals surface area contributed by atoms with E-state index in [-0.39, 0.29) is 35.9 Å². The summed E-state index contributed by atoms with van der Waals surface area (Å²) in [6.45, 7) is 4.78. The highest BCUT2D eigenvalue weighted by molar-refractivity contribution is 6.34. The second kappa shape index (κ2) is 15.6. The number of urea groups is 1. The number of rotatable bonds is 8. The van der Waals surface area contributed by atoms with Crippen LogP contribution in [0, 0.1) is 5.41 Å². The van der Waals surface area contributed by atoms with Crippen molar-refractivity contribution in [3.63, 3.8) is 0 Å². The van der Waals surface area contributed by atoms with Gasteiger partial charge >= 0.3 is 6.03 Å². The molecule has 7 heterocycles. The van der Waals surface area contributed by atoms with Crippen LogP contribution >= 0.6 is 11.6 Å². The number of primary amides is 1. The predicted octanol–water partition coefficient (Wildman–Crippen LogP) is 5.03. The molecule has 0 bridgehead atoms. The van der Waals surface area contributed by atoms with E-state index in [4.69, 9.17) is 32.4 Å². The number of nitrogens with zero attached hydrogens (tertiary/aromatic N) is 9. The quantitative estimate of drug-likeness (QED) is 0.191. The lowest BCUT2D eigenvalue weighted by atomic mass is 9.72. The van der Waals surface area contributed by atoms with Gasteiger partial charge in [0.05, 0.1) is 46.4 Å². The summed E-state index contributed by atoms with van der Waals surface area (Å²) in [7, 11) is 1.80. The highest BCUT2D eigenvalue weighted by atomic mass is 35.5. The van der Waals surface area contributed by atoms with Gasteiger partial charge in [-0.2, -0.15) is 0 Å². The van der Waals surface area contributed by atoms with Crippen LogP contribution < -0.4 is 26.2 Å². The molecular weight excluding hydrogens is 772 g/mol. The summed E-state index contributed by atoms with van der Waals surface area (Å²) in [6.07, 6.45) is 12.4. The van der Waals surface area contributed by atoms with Crippen LogP contribution in [0.15, 0.2) is 61.1 Å². The van der Waals surface area contributed by atoms with E-state index in [1.807, 2.05) is 29.4 Å². The molecule has 59 heavy (non-hydrogen) atoms. The van der Waals surface area contributed by atoms with Gasteiger partial charge in [-0.3, -0.25) is 39.5 Å². The molecule has 1 spiro atoms. The Hall–Kier alpha value is -6.13. The minimum atomic E-state index is -0.599. The van der Waals surface area contributed by atoms with Crippen LogP contribution in [0.2, 0.25) is 5.02 Å². The molecule has 5 amide bonds. The molecule has 5 aromatic rings. The molecule has 0 unspecified atom stereocenters. The summed E-state index contributed by atoms with van der Waals surface area (Å²) in [5, 5.41) is 10.6. The van der Waals surface area contributed by atoms with Crippen LogP contribution in [0.1, 0.15) is 70.6 Å². The Bertz CT molecular complexity index is 2470. The Morgan fingerprint density at radius 3 is 2.37 bits per heavy atom. The number of carbonyl (C=O) groups excluding carboxylic acids is 4. The molecule has 10 rings (SSSR count). The van der Waals surface area contributed by atoms with Crippen molar-refractivity contribution in [1.29, 1.82) is 0 Å². The van der Waals surface area contributed by atoms with Gasteiger partial charge in [0.2, 0.25) is 5.91 Å². The number of amides is 5. The summed E-state index contributed by atoms with van der Waals surface area (Å²) in [5.41, 5.74) is 13.0. The van der Waals surface area contributed by atoms with Crippen LogP contribution in [-0.4, -0.2) is 104 Å². The summed E-state index contributed by atoms with van der Waals surface area (Å²) in [5.74, 6) is -0.351. The standard InChI is InChI=1S/C39H39ClN12O4.C3H6/c1-42-28-16-33(47-52-32(35(41)54)19-45-36(28)52)50-11-7-26-25(3-2-4-30(26)50)29-18-43-24(17-44-29)20-48-21-39(22-48)9-13-49(14-10-39)37(55)23-5-6-27(40)31(15-23)51-12-8-34(53)46-38(51)56;1-2-3-1/h2-6,15-19,42H,7-14,20-22H2,1H3,(H2,41,54)(H,46,53,56);1-3H2. The molecule has 5 aliphatic rings. The number of imidazole rings is 1. The third-order valence-corrected chi connectivity index (χ3v) is 12.1. The first-order valence-corrected chi connectivity index (χ1v) is 20.5. The number of imide groups is 1. The first-order chi connectivity index (χ1) is 28.6. The maximum absolute atomic E-state index is 13.5. The molecule has 4 fully saturated rings. The summed E-state index contributed by atoms with van der Waals surface area (Å²) in [6, 6.07) is 12.5. The average Bonchev–Trinajstić information content (AvgIpc) is 3.95. The van der Waals surface area contributed by atoms with Crippen molar-refractivity contribution >= 4 is 63.9 Å². The first-order valence-electron chi connectivity index (χ1n) is 20.1. The van der Waals surface area contributed by atoms with Gasteiger partial charge in [0.25, 0.3) is 11.8 Å². The van der Waals surface area contributed by atoms with E-state index < -0.39 is 11.9 Å². The van der Waals surface area contributed by atoms with Gasteiger partial charge in [-0.15, -0.1) is 5.10 Å². The van der Waals surface area contributed by atoms with E-state index in [1.165, 1.54) is 34.9 Å². The monoisotopic (exact) mass is 816 g/mol. The number of halogens is 1. The van der Waals surface area contributed by atoms with Gasteiger partial charge < -0.3 is 20.9 Å². The molecule has 3 saturated heterocycles. The molecule has 1 aliphatic carbocycles. The average molecular weight is 817 g/mol. The second-order valence-corrected chi connectivity index (χ2v) is 16.3. The maximum atomic E-state index is 13.5. The first kappa shape index (κ1) is 38.4. The zero-order chi connectivity index (χ0) is 40.8. The predicted molar refractivity (Wildman–Crippen MR) is 223 cm³/mol. The van der Waals surface area contributed by atoms with Gasteiger partial charge in [0, 0.05) is 82.2 Å². The molecule has 3 aromatic heterocycles. The lowest BCUT2D eigenvalue weighted by Gasteiger charge is -2.54. The fourth-order valence-electron chi connectivity index (χ4n) is 8.50. The topological polar surface area (TPSA) is 187 Å². The van der Waals surface area contributed by atoms with Crippen LogP contribution in [-0.2, 0) is 17.8 Å². The number of likely N-dealkylation sites (tertiary alicyclic amines) is 2. The number of hydrogen-bond acceptors (Lipinski definition) is 11. The third kappa shape index (κ3) is 7.53. The fraction of sp³-hybridized carbons (Fsp3) is 0.381. The lowest BCUT2D eigenvalue weighted by molar-refractivity contribution is -0.120. The minimum Gasteiger partial charge on any atom is -0.385 e. The lowest BCUT2D eigenvalue weighted by Crippen LogP contribution is -2.60.